The van der Waals surface area contributed by atoms with Crippen LogP contribution in [0.4, 0.5) is 0 Å². The molecule has 0 amide bonds. The molecule has 0 aromatic carbocycles. The summed E-state index contributed by atoms with van der Waals surface area (Å²) in [4.78, 5) is 0. The monoisotopic (exact) mass is 112 g/mol. The van der Waals surface area contributed by atoms with E-state index < -0.39 is 0 Å². The Labute approximate surface area is 50.3 Å². The summed E-state index contributed by atoms with van der Waals surface area (Å²) < 4.78 is 5.23. The Bertz CT molecular complexity index is 105. The molecular weight excluding hydrogens is 100 g/mol. The van der Waals surface area contributed by atoms with Crippen LogP contribution in [0, 0.1) is 5.92 Å². The van der Waals surface area contributed by atoms with Crippen LogP contribution < -0.4 is 0 Å². The molecular formula is C7H12O. The van der Waals surface area contributed by atoms with E-state index in [-0.39, 0.29) is 0 Å². The molecule has 0 fully saturated rings. The number of hydrogen-bond donors (Lipinski definition) is 0. The first kappa shape index (κ1) is 5.83. The molecule has 0 aromatic heterocycles. The van der Waals surface area contributed by atoms with Crippen molar-refractivity contribution < 1.29 is 4.74 Å². The van der Waals surface area contributed by atoms with Gasteiger partial charge >= 0.3 is 0 Å². The minimum absolute atomic E-state index is 0.628. The third kappa shape index (κ3) is 1.34. The number of ether oxygens (including phenoxy) is 1. The molecule has 1 rings (SSSR count). The number of hydrogen-bond acceptors (Lipinski definition) is 1. The summed E-state index contributed by atoms with van der Waals surface area (Å²) in [7, 11) is 0. The average Bonchev–Trinajstić information content (AvgIpc) is 1.64. The molecule has 0 saturated carbocycles. The van der Waals surface area contributed by atoms with Gasteiger partial charge in [-0.05, 0) is 12.8 Å². The second-order valence-electron chi connectivity index (χ2n) is 2.51. The lowest BCUT2D eigenvalue weighted by molar-refractivity contribution is 0.124. The fourth-order valence-corrected chi connectivity index (χ4v) is 0.988. The van der Waals surface area contributed by atoms with Crippen LogP contribution in [0.3, 0.4) is 0 Å². The van der Waals surface area contributed by atoms with Crippen molar-refractivity contribution in [3.05, 3.63) is 11.6 Å². The maximum Gasteiger partial charge on any atom is 0.0674 e. The van der Waals surface area contributed by atoms with Crippen molar-refractivity contribution in [2.75, 3.05) is 13.2 Å². The minimum atomic E-state index is 0.628. The van der Waals surface area contributed by atoms with E-state index in [9.17, 15) is 0 Å². The van der Waals surface area contributed by atoms with Gasteiger partial charge in [0.15, 0.2) is 0 Å². The van der Waals surface area contributed by atoms with Crippen LogP contribution in [0.15, 0.2) is 11.6 Å². The fraction of sp³-hybridized carbons (Fsp3) is 0.714. The molecule has 1 aliphatic heterocycles. The van der Waals surface area contributed by atoms with Crippen molar-refractivity contribution in [3.8, 4) is 0 Å². The average molecular weight is 112 g/mol. The van der Waals surface area contributed by atoms with Crippen LogP contribution in [0.5, 0.6) is 0 Å². The van der Waals surface area contributed by atoms with E-state index in [2.05, 4.69) is 19.9 Å². The molecule has 1 heteroatoms. The topological polar surface area (TPSA) is 9.23 Å². The normalized spacial score (nSPS) is 29.8. The van der Waals surface area contributed by atoms with Crippen LogP contribution in [-0.4, -0.2) is 13.2 Å². The molecule has 0 N–H and O–H groups in total. The highest BCUT2D eigenvalue weighted by molar-refractivity contribution is 5.03. The summed E-state index contributed by atoms with van der Waals surface area (Å²) in [5.41, 5.74) is 1.36. The van der Waals surface area contributed by atoms with Gasteiger partial charge in [0.2, 0.25) is 0 Å². The van der Waals surface area contributed by atoms with E-state index >= 15 is 0 Å². The molecule has 8 heavy (non-hydrogen) atoms. The quantitative estimate of drug-likeness (QED) is 0.432. The lowest BCUT2D eigenvalue weighted by Crippen LogP contribution is -2.11. The van der Waals surface area contributed by atoms with E-state index in [0.717, 1.165) is 13.2 Å². The Morgan fingerprint density at radius 1 is 1.75 bits per heavy atom. The second kappa shape index (κ2) is 2.31. The van der Waals surface area contributed by atoms with E-state index in [1.165, 1.54) is 5.57 Å². The molecule has 46 valence electrons. The highest BCUT2D eigenvalue weighted by Crippen LogP contribution is 2.09. The molecule has 0 aliphatic carbocycles. The molecule has 0 spiro atoms. The molecule has 1 heterocycles. The summed E-state index contributed by atoms with van der Waals surface area (Å²) in [5.74, 6) is 0.628. The van der Waals surface area contributed by atoms with Crippen LogP contribution in [0.25, 0.3) is 0 Å². The predicted molar refractivity (Wildman–Crippen MR) is 33.7 cm³/mol. The van der Waals surface area contributed by atoms with Crippen LogP contribution >= 0.6 is 0 Å². The molecule has 0 aromatic rings. The SMILES string of the molecule is CC1=CC(C)COC1. The van der Waals surface area contributed by atoms with Crippen molar-refractivity contribution in [1.29, 1.82) is 0 Å². The third-order valence-electron chi connectivity index (χ3n) is 1.28. The zero-order chi connectivity index (χ0) is 5.98. The fourth-order valence-electron chi connectivity index (χ4n) is 0.988. The predicted octanol–water partition coefficient (Wildman–Crippen LogP) is 1.60. The molecule has 0 radical (unpaired) electrons. The smallest absolute Gasteiger partial charge is 0.0674 e. The first-order valence-electron chi connectivity index (χ1n) is 3.04. The molecule has 1 nitrogen and oxygen atoms in total. The molecule has 0 bridgehead atoms. The Hall–Kier alpha value is -0.300. The van der Waals surface area contributed by atoms with Gasteiger partial charge in [-0.3, -0.25) is 0 Å². The van der Waals surface area contributed by atoms with Crippen LogP contribution in [0.1, 0.15) is 13.8 Å². The lowest BCUT2D eigenvalue weighted by atomic mass is 10.1. The van der Waals surface area contributed by atoms with Crippen molar-refractivity contribution >= 4 is 0 Å². The summed E-state index contributed by atoms with van der Waals surface area (Å²) in [6, 6.07) is 0. The first-order valence-corrected chi connectivity index (χ1v) is 3.04. The highest BCUT2D eigenvalue weighted by Gasteiger charge is 2.04. The van der Waals surface area contributed by atoms with Crippen molar-refractivity contribution in [1.82, 2.24) is 0 Å². The Morgan fingerprint density at radius 3 is 2.88 bits per heavy atom. The maximum absolute atomic E-state index is 5.23. The van der Waals surface area contributed by atoms with E-state index in [1.807, 2.05) is 0 Å². The molecule has 1 atom stereocenters. The van der Waals surface area contributed by atoms with E-state index in [0.29, 0.717) is 5.92 Å². The first-order chi connectivity index (χ1) is 3.79. The van der Waals surface area contributed by atoms with Crippen molar-refractivity contribution in [2.45, 2.75) is 13.8 Å². The van der Waals surface area contributed by atoms with Gasteiger partial charge in [-0.25, -0.2) is 0 Å². The largest absolute Gasteiger partial charge is 0.377 e. The second-order valence-corrected chi connectivity index (χ2v) is 2.51. The van der Waals surface area contributed by atoms with Gasteiger partial charge in [-0.1, -0.05) is 18.6 Å². The van der Waals surface area contributed by atoms with Gasteiger partial charge < -0.3 is 4.74 Å². The Morgan fingerprint density at radius 2 is 2.50 bits per heavy atom. The van der Waals surface area contributed by atoms with Gasteiger partial charge in [0.25, 0.3) is 0 Å². The Balaban J connectivity index is 2.50. The highest BCUT2D eigenvalue weighted by atomic mass is 16.5. The number of rotatable bonds is 0. The lowest BCUT2D eigenvalue weighted by Gasteiger charge is -2.15. The van der Waals surface area contributed by atoms with Crippen LogP contribution in [0.2, 0.25) is 0 Å². The molecule has 1 unspecified atom stereocenters. The summed E-state index contributed by atoms with van der Waals surface area (Å²) in [5, 5.41) is 0. The summed E-state index contributed by atoms with van der Waals surface area (Å²) >= 11 is 0. The Kier molecular flexibility index (Phi) is 1.69. The van der Waals surface area contributed by atoms with Crippen LogP contribution in [-0.2, 0) is 4.74 Å². The summed E-state index contributed by atoms with van der Waals surface area (Å²) in [6.07, 6.45) is 2.27. The zero-order valence-electron chi connectivity index (χ0n) is 5.48. The van der Waals surface area contributed by atoms with Gasteiger partial charge in [-0.15, -0.1) is 0 Å². The minimum Gasteiger partial charge on any atom is -0.377 e. The van der Waals surface area contributed by atoms with Gasteiger partial charge in [0.05, 0.1) is 13.2 Å². The molecule has 0 saturated heterocycles. The summed E-state index contributed by atoms with van der Waals surface area (Å²) in [6.45, 7) is 6.01. The van der Waals surface area contributed by atoms with Crippen molar-refractivity contribution in [2.24, 2.45) is 5.92 Å². The molecule has 1 aliphatic rings. The van der Waals surface area contributed by atoms with Crippen molar-refractivity contribution in [3.63, 3.8) is 0 Å². The van der Waals surface area contributed by atoms with Gasteiger partial charge in [0, 0.05) is 0 Å². The van der Waals surface area contributed by atoms with E-state index in [4.69, 9.17) is 4.74 Å². The standard InChI is InChI=1S/C7H12O/c1-6-3-7(2)5-8-4-6/h3,6H,4-5H2,1-2H3. The van der Waals surface area contributed by atoms with Gasteiger partial charge in [-0.2, -0.15) is 0 Å². The zero-order valence-corrected chi connectivity index (χ0v) is 5.48. The maximum atomic E-state index is 5.23. The van der Waals surface area contributed by atoms with Gasteiger partial charge in [0.1, 0.15) is 0 Å². The van der Waals surface area contributed by atoms with E-state index in [1.54, 1.807) is 0 Å². The third-order valence-corrected chi connectivity index (χ3v) is 1.28.